The average molecular weight is 1570 g/mol. The number of benzene rings is 6. The van der Waals surface area contributed by atoms with E-state index in [-0.39, 0.29) is 41.6 Å². The number of nitrogen functional groups attached to an aromatic ring is 3. The molecule has 2 saturated heterocycles. The molecule has 2 aliphatic heterocycles. The number of ether oxygens (including phenoxy) is 3. The highest BCUT2D eigenvalue weighted by molar-refractivity contribution is 6.01. The third kappa shape index (κ3) is 18.4. The molecule has 4 saturated carbocycles. The number of fused-ring (bicyclic) bond motifs is 3. The van der Waals surface area contributed by atoms with Crippen molar-refractivity contribution in [3.05, 3.63) is 219 Å². The summed E-state index contributed by atoms with van der Waals surface area (Å²) in [6, 6.07) is 55.1. The molecule has 2 amide bonds. The molecule has 26 heteroatoms. The highest BCUT2D eigenvalue weighted by Gasteiger charge is 2.38. The van der Waals surface area contributed by atoms with Gasteiger partial charge in [0.25, 0.3) is 0 Å². The Balaban J connectivity index is 0.000000132. The van der Waals surface area contributed by atoms with Crippen molar-refractivity contribution in [3.63, 3.8) is 0 Å². The Hall–Kier alpha value is -12.5. The van der Waals surface area contributed by atoms with Crippen LogP contribution in [0.1, 0.15) is 109 Å². The summed E-state index contributed by atoms with van der Waals surface area (Å²) >= 11 is 0. The number of rotatable bonds is 26. The van der Waals surface area contributed by atoms with Crippen LogP contribution in [0.5, 0.6) is 34.5 Å². The molecule has 18 rings (SSSR count). The third-order valence-corrected chi connectivity index (χ3v) is 23.1. The fourth-order valence-corrected chi connectivity index (χ4v) is 15.9. The number of anilines is 3. The van der Waals surface area contributed by atoms with E-state index in [2.05, 4.69) is 72.5 Å². The van der Waals surface area contributed by atoms with Gasteiger partial charge in [-0.2, -0.15) is 15.3 Å². The number of nitrogens with zero attached hydrogens (tertiary/aromatic N) is 17. The van der Waals surface area contributed by atoms with E-state index < -0.39 is 0 Å². The number of carbonyl (C=O) groups is 3. The number of amides is 2. The molecule has 26 nitrogen and oxygen atoms in total. The molecule has 0 radical (unpaired) electrons. The minimum absolute atomic E-state index is 0.000672. The van der Waals surface area contributed by atoms with E-state index >= 15 is 0 Å². The zero-order chi connectivity index (χ0) is 80.5. The second-order valence-electron chi connectivity index (χ2n) is 31.5. The Morgan fingerprint density at radius 1 is 0.419 bits per heavy atom. The van der Waals surface area contributed by atoms with E-state index in [1.165, 1.54) is 63.9 Å². The first kappa shape index (κ1) is 78.4. The lowest BCUT2D eigenvalue weighted by Gasteiger charge is -2.39. The van der Waals surface area contributed by atoms with E-state index in [4.69, 9.17) is 46.7 Å². The van der Waals surface area contributed by atoms with Gasteiger partial charge in [-0.05, 0) is 214 Å². The summed E-state index contributed by atoms with van der Waals surface area (Å²) in [5, 5.41) is 17.1. The standard InChI is InChI=1S/C32H37N7O2.C30H33N7O2.C29H30N6O2/c1-22(2)38(24-8-6-9-24)18-7-12-28(40)37-19-17-25(20-37)39-32-29(31(33)34-21-35-32)30(36-39)23-13-15-27(16-14-23)41-26-10-4-3-5-11-26;1-35(22-11-12-22)17-5-8-26(38)36-18-15-23(16-19-36)37-30-27(29(31)32-20-33-30)28(34-37)21-9-13-25(14-10-21)39-24-6-3-2-4-7-24;1-34(21-11-12-21)15-5-8-25(36)20-16-22(17-20)35-29-26(28(30)31-18-32-29)27(33-35)19-9-13-24(14-10-19)37-23-6-3-2-4-7-23/h3-5,7,10-16,21-22,24-25H,6,8-9,17-20H2,1-2H3,(H2,33,34,35);2-10,13-14,20,22-23H,11-12,15-19H2,1H3,(H2,31,32,33);2-10,13-14,18,20-22H,11-12,15-17H2,1H3,(H2,30,31,32)/b12-7+;2*8-5+/t25-;;/m1../s1. The molecule has 6 aromatic heterocycles. The zero-order valence-electron chi connectivity index (χ0n) is 66.6. The number of allylic oxidation sites excluding steroid dienone is 1. The van der Waals surface area contributed by atoms with Gasteiger partial charge in [-0.3, -0.25) is 29.1 Å². The molecule has 600 valence electrons. The second-order valence-corrected chi connectivity index (χ2v) is 31.5. The van der Waals surface area contributed by atoms with E-state index in [9.17, 15) is 14.4 Å². The lowest BCUT2D eigenvalue weighted by atomic mass is 9.77. The molecule has 117 heavy (non-hydrogen) atoms. The van der Waals surface area contributed by atoms with E-state index in [0.29, 0.717) is 79.1 Å². The normalized spacial score (nSPS) is 17.8. The molecule has 12 aromatic rings. The van der Waals surface area contributed by atoms with Crippen molar-refractivity contribution in [1.82, 2.24) is 83.7 Å². The van der Waals surface area contributed by atoms with Crippen LogP contribution in [0, 0.1) is 5.92 Å². The van der Waals surface area contributed by atoms with E-state index in [0.717, 1.165) is 142 Å². The SMILES string of the molecule is CC(C)N(C/C=C/C(=O)N1CC[C@@H](n2nc(-c3ccc(Oc4ccccc4)cc3)c3c(N)ncnc32)C1)C1CCC1.CN(C/C=C/C(=O)C1CC(n2nc(-c3ccc(Oc4ccccc4)cc3)c3c(N)ncnc32)C1)C1CC1.CN(C/C=C/C(=O)N1CCC(n2nc(-c3ccc(Oc4ccccc4)cc3)c3c(N)ncnc32)CC1)C1CC1. The first-order valence-corrected chi connectivity index (χ1v) is 40.8. The number of likely N-dealkylation sites (tertiary alicyclic amines) is 2. The first-order chi connectivity index (χ1) is 57.1. The molecule has 1 atom stereocenters. The minimum Gasteiger partial charge on any atom is -0.457 e. The van der Waals surface area contributed by atoms with Crippen LogP contribution in [0.15, 0.2) is 219 Å². The van der Waals surface area contributed by atoms with Gasteiger partial charge in [0.2, 0.25) is 11.8 Å². The first-order valence-electron chi connectivity index (χ1n) is 40.8. The maximum Gasteiger partial charge on any atom is 0.246 e. The quantitative estimate of drug-likeness (QED) is 0.0424. The van der Waals surface area contributed by atoms with Crippen molar-refractivity contribution in [2.24, 2.45) is 5.92 Å². The van der Waals surface area contributed by atoms with Gasteiger partial charge >= 0.3 is 0 Å². The van der Waals surface area contributed by atoms with Gasteiger partial charge in [0.15, 0.2) is 22.7 Å². The number of para-hydroxylation sites is 3. The summed E-state index contributed by atoms with van der Waals surface area (Å²) in [4.78, 5) is 75.7. The maximum absolute atomic E-state index is 13.1. The molecule has 6 N–H and O–H groups in total. The topological polar surface area (TPSA) is 304 Å². The van der Waals surface area contributed by atoms with Crippen LogP contribution >= 0.6 is 0 Å². The van der Waals surface area contributed by atoms with Crippen LogP contribution in [-0.4, -0.2) is 185 Å². The highest BCUT2D eigenvalue weighted by Crippen LogP contribution is 2.44. The van der Waals surface area contributed by atoms with E-state index in [1.54, 1.807) is 18.2 Å². The summed E-state index contributed by atoms with van der Waals surface area (Å²) in [6.07, 6.45) is 28.4. The molecule has 4 aliphatic carbocycles. The molecule has 6 fully saturated rings. The summed E-state index contributed by atoms with van der Waals surface area (Å²) in [7, 11) is 4.23. The van der Waals surface area contributed by atoms with Gasteiger partial charge in [0.05, 0.1) is 34.3 Å². The number of hydrogen-bond donors (Lipinski definition) is 3. The van der Waals surface area contributed by atoms with Crippen molar-refractivity contribution in [2.75, 3.05) is 77.1 Å². The van der Waals surface area contributed by atoms with Crippen LogP contribution in [0.3, 0.4) is 0 Å². The van der Waals surface area contributed by atoms with Crippen LogP contribution in [0.25, 0.3) is 66.9 Å². The Bertz CT molecular complexity index is 5520. The molecule has 6 aromatic carbocycles. The predicted octanol–water partition coefficient (Wildman–Crippen LogP) is 15.2. The van der Waals surface area contributed by atoms with Crippen molar-refractivity contribution in [3.8, 4) is 68.3 Å². The van der Waals surface area contributed by atoms with Gasteiger partial charge in [-0.25, -0.2) is 43.9 Å². The number of piperidine rings is 1. The predicted molar refractivity (Wildman–Crippen MR) is 455 cm³/mol. The number of hydrogen-bond acceptors (Lipinski definition) is 21. The van der Waals surface area contributed by atoms with Gasteiger partial charge in [0, 0.05) is 105 Å². The fourth-order valence-electron chi connectivity index (χ4n) is 15.9. The zero-order valence-corrected chi connectivity index (χ0v) is 66.6. The fraction of sp³-hybridized carbons (Fsp3) is 0.341. The van der Waals surface area contributed by atoms with Gasteiger partial charge in [0.1, 0.15) is 88.0 Å². The minimum atomic E-state index is 0.000672. The van der Waals surface area contributed by atoms with Crippen molar-refractivity contribution in [2.45, 2.75) is 133 Å². The smallest absolute Gasteiger partial charge is 0.246 e. The average Bonchev–Trinajstić information content (AvgIpc) is 1.61. The van der Waals surface area contributed by atoms with Crippen LogP contribution in [0.2, 0.25) is 0 Å². The molecule has 0 unspecified atom stereocenters. The number of aromatic nitrogens is 12. The highest BCUT2D eigenvalue weighted by atomic mass is 16.5. The van der Waals surface area contributed by atoms with Gasteiger partial charge < -0.3 is 41.2 Å². The molecule has 0 spiro atoms. The van der Waals surface area contributed by atoms with Crippen molar-refractivity contribution < 1.29 is 28.6 Å². The lowest BCUT2D eigenvalue weighted by Crippen LogP contribution is -2.44. The summed E-state index contributed by atoms with van der Waals surface area (Å²) < 4.78 is 23.6. The van der Waals surface area contributed by atoms with Crippen molar-refractivity contribution >= 4 is 68.2 Å². The molecule has 0 bridgehead atoms. The molecular formula is C91H100N20O6. The number of ketones is 1. The number of carbonyl (C=O) groups excluding carboxylic acids is 3. The molecule has 8 heterocycles. The molecule has 6 aliphatic rings. The Morgan fingerprint density at radius 2 is 0.778 bits per heavy atom. The number of likely N-dealkylation sites (N-methyl/N-ethyl adjacent to an activating group) is 2. The second kappa shape index (κ2) is 35.7. The monoisotopic (exact) mass is 1570 g/mol. The Labute approximate surface area is 680 Å². The van der Waals surface area contributed by atoms with Crippen molar-refractivity contribution in [1.29, 1.82) is 0 Å². The van der Waals surface area contributed by atoms with Gasteiger partial charge in [-0.15, -0.1) is 0 Å². The van der Waals surface area contributed by atoms with E-state index in [1.807, 2.05) is 206 Å². The summed E-state index contributed by atoms with van der Waals surface area (Å²) in [5.74, 6) is 6.06. The lowest BCUT2D eigenvalue weighted by molar-refractivity contribution is -0.127. The summed E-state index contributed by atoms with van der Waals surface area (Å²) in [6.45, 7) is 9.50. The van der Waals surface area contributed by atoms with Crippen LogP contribution in [0.4, 0.5) is 17.5 Å². The third-order valence-electron chi connectivity index (χ3n) is 23.1. The largest absolute Gasteiger partial charge is 0.457 e. The molecular weight excluding hydrogens is 1470 g/mol. The Morgan fingerprint density at radius 3 is 1.17 bits per heavy atom. The van der Waals surface area contributed by atoms with Crippen LogP contribution in [-0.2, 0) is 14.4 Å². The Kier molecular flexibility index (Phi) is 23.9. The van der Waals surface area contributed by atoms with Crippen LogP contribution < -0.4 is 31.4 Å². The summed E-state index contributed by atoms with van der Waals surface area (Å²) in [5.41, 5.74) is 26.0. The maximum atomic E-state index is 13.1. The van der Waals surface area contributed by atoms with Gasteiger partial charge in [-0.1, -0.05) is 79.2 Å². The number of nitrogens with two attached hydrogens (primary N) is 3.